The van der Waals surface area contributed by atoms with Gasteiger partial charge >= 0.3 is 5.97 Å². The van der Waals surface area contributed by atoms with Crippen molar-refractivity contribution in [3.05, 3.63) is 30.1 Å². The van der Waals surface area contributed by atoms with Crippen LogP contribution in [0.3, 0.4) is 0 Å². The van der Waals surface area contributed by atoms with Crippen molar-refractivity contribution in [1.82, 2.24) is 4.98 Å². The van der Waals surface area contributed by atoms with Gasteiger partial charge in [0.05, 0.1) is 0 Å². The molecule has 0 aromatic carbocycles. The first kappa shape index (κ1) is 8.28. The Morgan fingerprint density at radius 3 is 2.75 bits per heavy atom. The highest BCUT2D eigenvalue weighted by Crippen LogP contribution is 1.95. The molecule has 1 aromatic heterocycles. The molecular formula is C9H7NO2. The molecule has 3 nitrogen and oxygen atoms in total. The first-order valence-corrected chi connectivity index (χ1v) is 3.40. The molecule has 1 rings (SSSR count). The van der Waals surface area contributed by atoms with Crippen molar-refractivity contribution < 1.29 is 9.90 Å². The number of carboxylic acids is 1. The lowest BCUT2D eigenvalue weighted by Crippen LogP contribution is -1.88. The molecule has 0 amide bonds. The maximum atomic E-state index is 10.0. The normalized spacial score (nSPS) is 8.33. The summed E-state index contributed by atoms with van der Waals surface area (Å²) in [7, 11) is 0. The second-order valence-corrected chi connectivity index (χ2v) is 2.14. The first-order chi connectivity index (χ1) is 5.79. The topological polar surface area (TPSA) is 50.2 Å². The van der Waals surface area contributed by atoms with Crippen molar-refractivity contribution in [2.24, 2.45) is 0 Å². The zero-order valence-electron chi connectivity index (χ0n) is 6.32. The summed E-state index contributed by atoms with van der Waals surface area (Å²) < 4.78 is 0. The SMILES string of the molecule is O=C(O)C#CCc1ccncc1. The van der Waals surface area contributed by atoms with Gasteiger partial charge in [0.25, 0.3) is 0 Å². The van der Waals surface area contributed by atoms with E-state index in [2.05, 4.69) is 10.9 Å². The third kappa shape index (κ3) is 2.84. The lowest BCUT2D eigenvalue weighted by Gasteiger charge is -1.89. The van der Waals surface area contributed by atoms with E-state index in [4.69, 9.17) is 5.11 Å². The maximum absolute atomic E-state index is 10.0. The molecule has 1 heterocycles. The lowest BCUT2D eigenvalue weighted by atomic mass is 10.2. The fourth-order valence-electron chi connectivity index (χ4n) is 0.723. The third-order valence-corrected chi connectivity index (χ3v) is 1.24. The van der Waals surface area contributed by atoms with Crippen LogP contribution in [0.2, 0.25) is 0 Å². The number of hydrogen-bond acceptors (Lipinski definition) is 2. The Hall–Kier alpha value is -1.82. The molecule has 0 radical (unpaired) electrons. The predicted octanol–water partition coefficient (Wildman–Crippen LogP) is 0.712. The van der Waals surface area contributed by atoms with Gasteiger partial charge < -0.3 is 5.11 Å². The molecule has 12 heavy (non-hydrogen) atoms. The quantitative estimate of drug-likeness (QED) is 0.617. The highest BCUT2D eigenvalue weighted by Gasteiger charge is 1.87. The predicted molar refractivity (Wildman–Crippen MR) is 43.4 cm³/mol. The van der Waals surface area contributed by atoms with Crippen molar-refractivity contribution in [2.45, 2.75) is 6.42 Å². The van der Waals surface area contributed by atoms with E-state index >= 15 is 0 Å². The number of nitrogens with zero attached hydrogens (tertiary/aromatic N) is 1. The van der Waals surface area contributed by atoms with Crippen molar-refractivity contribution >= 4 is 5.97 Å². The van der Waals surface area contributed by atoms with E-state index < -0.39 is 5.97 Å². The van der Waals surface area contributed by atoms with Crippen LogP contribution in [0.15, 0.2) is 24.5 Å². The smallest absolute Gasteiger partial charge is 0.381 e. The van der Waals surface area contributed by atoms with Gasteiger partial charge in [-0.25, -0.2) is 4.79 Å². The van der Waals surface area contributed by atoms with Crippen LogP contribution in [0.25, 0.3) is 0 Å². The summed E-state index contributed by atoms with van der Waals surface area (Å²) in [5.74, 6) is 3.47. The lowest BCUT2D eigenvalue weighted by molar-refractivity contribution is -0.130. The van der Waals surface area contributed by atoms with Gasteiger partial charge in [-0.3, -0.25) is 4.98 Å². The molecule has 0 aliphatic carbocycles. The van der Waals surface area contributed by atoms with Gasteiger partial charge in [0.1, 0.15) is 0 Å². The Labute approximate surface area is 70.1 Å². The largest absolute Gasteiger partial charge is 0.472 e. The van der Waals surface area contributed by atoms with E-state index in [1.807, 2.05) is 5.92 Å². The number of carboxylic acid groups (broad SMARTS) is 1. The Morgan fingerprint density at radius 2 is 2.17 bits per heavy atom. The molecule has 60 valence electrons. The second kappa shape index (κ2) is 4.14. The van der Waals surface area contributed by atoms with Gasteiger partial charge in [-0.1, -0.05) is 5.92 Å². The molecule has 0 saturated heterocycles. The van der Waals surface area contributed by atoms with Gasteiger partial charge in [-0.05, 0) is 17.7 Å². The number of carbonyl (C=O) groups is 1. The summed E-state index contributed by atoms with van der Waals surface area (Å²) >= 11 is 0. The van der Waals surface area contributed by atoms with Crippen molar-refractivity contribution in [3.8, 4) is 11.8 Å². The number of aromatic nitrogens is 1. The van der Waals surface area contributed by atoms with Gasteiger partial charge in [0.2, 0.25) is 0 Å². The number of rotatable bonds is 1. The van der Waals surface area contributed by atoms with Crippen molar-refractivity contribution in [1.29, 1.82) is 0 Å². The fourth-order valence-corrected chi connectivity index (χ4v) is 0.723. The van der Waals surface area contributed by atoms with Crippen LogP contribution in [0, 0.1) is 11.8 Å². The van der Waals surface area contributed by atoms with E-state index in [1.165, 1.54) is 0 Å². The molecule has 0 saturated carbocycles. The van der Waals surface area contributed by atoms with E-state index in [1.54, 1.807) is 24.5 Å². The average molecular weight is 161 g/mol. The summed E-state index contributed by atoms with van der Waals surface area (Å²) in [5.41, 5.74) is 0.971. The zero-order chi connectivity index (χ0) is 8.81. The van der Waals surface area contributed by atoms with Crippen molar-refractivity contribution in [2.75, 3.05) is 0 Å². The Kier molecular flexibility index (Phi) is 2.86. The number of hydrogen-bond donors (Lipinski definition) is 1. The van der Waals surface area contributed by atoms with Crippen LogP contribution in [0.1, 0.15) is 5.56 Å². The van der Waals surface area contributed by atoms with Crippen LogP contribution in [-0.2, 0) is 11.2 Å². The number of pyridine rings is 1. The van der Waals surface area contributed by atoms with E-state index in [0.717, 1.165) is 5.56 Å². The number of aliphatic carboxylic acids is 1. The summed E-state index contributed by atoms with van der Waals surface area (Å²) in [6.07, 6.45) is 3.75. The molecule has 1 aromatic rings. The minimum atomic E-state index is -1.09. The first-order valence-electron chi connectivity index (χ1n) is 3.40. The fraction of sp³-hybridized carbons (Fsp3) is 0.111. The summed E-state index contributed by atoms with van der Waals surface area (Å²) in [4.78, 5) is 13.8. The van der Waals surface area contributed by atoms with Crippen LogP contribution in [-0.4, -0.2) is 16.1 Å². The molecule has 3 heteroatoms. The van der Waals surface area contributed by atoms with E-state index in [0.29, 0.717) is 6.42 Å². The van der Waals surface area contributed by atoms with Gasteiger partial charge in [-0.2, -0.15) is 0 Å². The molecule has 0 spiro atoms. The molecule has 0 atom stereocenters. The summed E-state index contributed by atoms with van der Waals surface area (Å²) in [5, 5.41) is 8.21. The Morgan fingerprint density at radius 1 is 1.50 bits per heavy atom. The minimum Gasteiger partial charge on any atom is -0.472 e. The van der Waals surface area contributed by atoms with Crippen LogP contribution < -0.4 is 0 Å². The maximum Gasteiger partial charge on any atom is 0.381 e. The van der Waals surface area contributed by atoms with Crippen molar-refractivity contribution in [3.63, 3.8) is 0 Å². The van der Waals surface area contributed by atoms with E-state index in [9.17, 15) is 4.79 Å². The Balaban J connectivity index is 2.56. The van der Waals surface area contributed by atoms with Gasteiger partial charge in [-0.15, -0.1) is 0 Å². The van der Waals surface area contributed by atoms with Gasteiger partial charge in [0, 0.05) is 24.7 Å². The summed E-state index contributed by atoms with van der Waals surface area (Å²) in [6, 6.07) is 3.60. The minimum absolute atomic E-state index is 0.453. The highest BCUT2D eigenvalue weighted by atomic mass is 16.4. The van der Waals surface area contributed by atoms with E-state index in [-0.39, 0.29) is 0 Å². The molecular weight excluding hydrogens is 154 g/mol. The molecule has 0 unspecified atom stereocenters. The van der Waals surface area contributed by atoms with Crippen LogP contribution in [0.4, 0.5) is 0 Å². The monoisotopic (exact) mass is 161 g/mol. The van der Waals surface area contributed by atoms with Crippen LogP contribution in [0.5, 0.6) is 0 Å². The Bertz CT molecular complexity index is 321. The second-order valence-electron chi connectivity index (χ2n) is 2.14. The average Bonchev–Trinajstić information content (AvgIpc) is 2.05. The molecule has 0 aliphatic rings. The summed E-state index contributed by atoms with van der Waals surface area (Å²) in [6.45, 7) is 0. The van der Waals surface area contributed by atoms with Crippen LogP contribution >= 0.6 is 0 Å². The molecule has 0 bridgehead atoms. The zero-order valence-corrected chi connectivity index (χ0v) is 6.32. The highest BCUT2D eigenvalue weighted by molar-refractivity contribution is 5.86. The molecule has 1 N–H and O–H groups in total. The van der Waals surface area contributed by atoms with Gasteiger partial charge in [0.15, 0.2) is 0 Å². The third-order valence-electron chi connectivity index (χ3n) is 1.24. The molecule has 0 aliphatic heterocycles. The standard InChI is InChI=1S/C9H7NO2/c11-9(12)3-1-2-8-4-6-10-7-5-8/h4-7H,2H2,(H,11,12). The molecule has 0 fully saturated rings.